The van der Waals surface area contributed by atoms with Gasteiger partial charge < -0.3 is 9.80 Å². The predicted molar refractivity (Wildman–Crippen MR) is 90.2 cm³/mol. The number of fused-ring (bicyclic) bond motifs is 1. The van der Waals surface area contributed by atoms with Crippen molar-refractivity contribution in [2.24, 2.45) is 0 Å². The second kappa shape index (κ2) is 7.35. The Morgan fingerprint density at radius 3 is 2.87 bits per heavy atom. The van der Waals surface area contributed by atoms with Crippen molar-refractivity contribution < 1.29 is 9.59 Å². The summed E-state index contributed by atoms with van der Waals surface area (Å²) in [6.07, 6.45) is 5.00. The summed E-state index contributed by atoms with van der Waals surface area (Å²) < 4.78 is 0. The first kappa shape index (κ1) is 16.3. The van der Waals surface area contributed by atoms with Gasteiger partial charge in [0, 0.05) is 44.0 Å². The smallest absolute Gasteiger partial charge is 0.224 e. The molecule has 1 aromatic carbocycles. The molecule has 2 aliphatic heterocycles. The number of hydrogen-bond donors (Lipinski definition) is 0. The predicted octanol–water partition coefficient (Wildman–Crippen LogP) is 3.02. The lowest BCUT2D eigenvalue weighted by Gasteiger charge is -2.30. The fourth-order valence-electron chi connectivity index (χ4n) is 3.44. The van der Waals surface area contributed by atoms with E-state index in [0.717, 1.165) is 42.8 Å². The highest BCUT2D eigenvalue weighted by Gasteiger charge is 2.23. The third-order valence-electron chi connectivity index (χ3n) is 4.83. The molecule has 3 rings (SSSR count). The van der Waals surface area contributed by atoms with Crippen LogP contribution in [-0.4, -0.2) is 41.2 Å². The van der Waals surface area contributed by atoms with Gasteiger partial charge in [0.1, 0.15) is 0 Å². The maximum Gasteiger partial charge on any atom is 0.224 e. The Balaban J connectivity index is 1.56. The summed E-state index contributed by atoms with van der Waals surface area (Å²) in [6, 6.07) is 5.88. The molecule has 0 saturated carbocycles. The zero-order valence-electron chi connectivity index (χ0n) is 13.4. The number of rotatable bonds is 3. The highest BCUT2D eigenvalue weighted by atomic mass is 35.5. The zero-order chi connectivity index (χ0) is 16.2. The van der Waals surface area contributed by atoms with Crippen LogP contribution in [0.2, 0.25) is 5.02 Å². The molecule has 0 atom stereocenters. The molecule has 0 N–H and O–H groups in total. The van der Waals surface area contributed by atoms with E-state index in [4.69, 9.17) is 11.6 Å². The van der Waals surface area contributed by atoms with Gasteiger partial charge in [0.15, 0.2) is 0 Å². The first-order valence-electron chi connectivity index (χ1n) is 8.47. The molecule has 2 aliphatic rings. The van der Waals surface area contributed by atoms with Crippen molar-refractivity contribution in [1.29, 1.82) is 0 Å². The normalized spacial score (nSPS) is 18.6. The van der Waals surface area contributed by atoms with Crippen molar-refractivity contribution in [2.45, 2.75) is 45.1 Å². The average Bonchev–Trinajstić information content (AvgIpc) is 2.77. The average molecular weight is 335 g/mol. The van der Waals surface area contributed by atoms with Crippen LogP contribution in [0.3, 0.4) is 0 Å². The summed E-state index contributed by atoms with van der Waals surface area (Å²) in [7, 11) is 0. The summed E-state index contributed by atoms with van der Waals surface area (Å²) in [5, 5.41) is 0.796. The van der Waals surface area contributed by atoms with Crippen molar-refractivity contribution in [3.63, 3.8) is 0 Å². The number of halogens is 1. The largest absolute Gasteiger partial charge is 0.342 e. The number of benzene rings is 1. The molecule has 1 saturated heterocycles. The summed E-state index contributed by atoms with van der Waals surface area (Å²) in [5.74, 6) is 0.332. The van der Waals surface area contributed by atoms with E-state index < -0.39 is 0 Å². The van der Waals surface area contributed by atoms with Gasteiger partial charge in [0.2, 0.25) is 11.8 Å². The molecule has 2 amide bonds. The number of amides is 2. The molecule has 5 heteroatoms. The van der Waals surface area contributed by atoms with E-state index in [1.54, 1.807) is 0 Å². The van der Waals surface area contributed by atoms with Gasteiger partial charge in [0.25, 0.3) is 0 Å². The van der Waals surface area contributed by atoms with Crippen LogP contribution in [0, 0.1) is 0 Å². The SMILES string of the molecule is O=C1CCCCCN1CCC(=O)N1CCc2c(Cl)cccc2C1. The van der Waals surface area contributed by atoms with Crippen molar-refractivity contribution >= 4 is 23.4 Å². The molecule has 1 fully saturated rings. The van der Waals surface area contributed by atoms with E-state index in [9.17, 15) is 9.59 Å². The third kappa shape index (κ3) is 3.86. The first-order valence-corrected chi connectivity index (χ1v) is 8.85. The Bertz CT molecular complexity index is 603. The van der Waals surface area contributed by atoms with Crippen LogP contribution in [0.15, 0.2) is 18.2 Å². The minimum Gasteiger partial charge on any atom is -0.342 e. The van der Waals surface area contributed by atoms with Gasteiger partial charge in [-0.15, -0.1) is 0 Å². The van der Waals surface area contributed by atoms with E-state index >= 15 is 0 Å². The summed E-state index contributed by atoms with van der Waals surface area (Å²) >= 11 is 6.22. The van der Waals surface area contributed by atoms with Crippen LogP contribution in [0.1, 0.15) is 43.2 Å². The fourth-order valence-corrected chi connectivity index (χ4v) is 3.73. The number of carbonyl (C=O) groups excluding carboxylic acids is 2. The van der Waals surface area contributed by atoms with Gasteiger partial charge in [-0.1, -0.05) is 30.2 Å². The topological polar surface area (TPSA) is 40.6 Å². The van der Waals surface area contributed by atoms with Crippen molar-refractivity contribution in [2.75, 3.05) is 19.6 Å². The van der Waals surface area contributed by atoms with Crippen LogP contribution in [0.5, 0.6) is 0 Å². The Morgan fingerprint density at radius 1 is 1.13 bits per heavy atom. The van der Waals surface area contributed by atoms with E-state index in [1.165, 1.54) is 5.56 Å². The summed E-state index contributed by atoms with van der Waals surface area (Å²) in [4.78, 5) is 28.2. The minimum atomic E-state index is 0.132. The standard InChI is InChI=1S/C18H23ClN2O2/c19-16-6-4-5-14-13-21(11-8-15(14)16)18(23)9-12-20-10-3-1-2-7-17(20)22/h4-6H,1-3,7-13H2. The van der Waals surface area contributed by atoms with Crippen LogP contribution >= 0.6 is 11.6 Å². The third-order valence-corrected chi connectivity index (χ3v) is 5.18. The van der Waals surface area contributed by atoms with E-state index in [2.05, 4.69) is 0 Å². The van der Waals surface area contributed by atoms with Gasteiger partial charge in [-0.05, 0) is 36.5 Å². The molecule has 0 aromatic heterocycles. The molecule has 0 bridgehead atoms. The molecular formula is C18H23ClN2O2. The second-order valence-electron chi connectivity index (χ2n) is 6.38. The molecule has 0 unspecified atom stereocenters. The lowest BCUT2D eigenvalue weighted by Crippen LogP contribution is -2.39. The number of nitrogens with zero attached hydrogens (tertiary/aromatic N) is 2. The van der Waals surface area contributed by atoms with Crippen LogP contribution in [0.4, 0.5) is 0 Å². The van der Waals surface area contributed by atoms with Crippen LogP contribution in [0.25, 0.3) is 0 Å². The number of carbonyl (C=O) groups is 2. The highest BCUT2D eigenvalue weighted by molar-refractivity contribution is 6.31. The minimum absolute atomic E-state index is 0.132. The Hall–Kier alpha value is -1.55. The van der Waals surface area contributed by atoms with Crippen molar-refractivity contribution in [3.8, 4) is 0 Å². The second-order valence-corrected chi connectivity index (χ2v) is 6.79. The lowest BCUT2D eigenvalue weighted by molar-refractivity contribution is -0.134. The van der Waals surface area contributed by atoms with E-state index in [1.807, 2.05) is 28.0 Å². The molecule has 0 spiro atoms. The molecule has 124 valence electrons. The maximum atomic E-state index is 12.5. The monoisotopic (exact) mass is 334 g/mol. The molecule has 0 aliphatic carbocycles. The molecular weight excluding hydrogens is 312 g/mol. The maximum absolute atomic E-state index is 12.5. The zero-order valence-corrected chi connectivity index (χ0v) is 14.1. The van der Waals surface area contributed by atoms with E-state index in [-0.39, 0.29) is 11.8 Å². The molecule has 4 nitrogen and oxygen atoms in total. The lowest BCUT2D eigenvalue weighted by atomic mass is 9.99. The molecule has 2 heterocycles. The number of hydrogen-bond acceptors (Lipinski definition) is 2. The van der Waals surface area contributed by atoms with Gasteiger partial charge in [-0.2, -0.15) is 0 Å². The van der Waals surface area contributed by atoms with Crippen molar-refractivity contribution in [1.82, 2.24) is 9.80 Å². The molecule has 1 aromatic rings. The molecule has 0 radical (unpaired) electrons. The first-order chi connectivity index (χ1) is 11.1. The van der Waals surface area contributed by atoms with Crippen molar-refractivity contribution in [3.05, 3.63) is 34.3 Å². The Morgan fingerprint density at radius 2 is 2.00 bits per heavy atom. The fraction of sp³-hybridized carbons (Fsp3) is 0.556. The van der Waals surface area contributed by atoms with Gasteiger partial charge in [0.05, 0.1) is 0 Å². The summed E-state index contributed by atoms with van der Waals surface area (Å²) in [6.45, 7) is 2.69. The van der Waals surface area contributed by atoms with E-state index in [0.29, 0.717) is 32.5 Å². The Kier molecular flexibility index (Phi) is 5.21. The molecule has 23 heavy (non-hydrogen) atoms. The van der Waals surface area contributed by atoms with Gasteiger partial charge in [-0.3, -0.25) is 9.59 Å². The number of likely N-dealkylation sites (tertiary alicyclic amines) is 1. The van der Waals surface area contributed by atoms with Gasteiger partial charge >= 0.3 is 0 Å². The quantitative estimate of drug-likeness (QED) is 0.852. The highest BCUT2D eigenvalue weighted by Crippen LogP contribution is 2.26. The van der Waals surface area contributed by atoms with Crippen LogP contribution in [-0.2, 0) is 22.6 Å². The Labute approximate surface area is 142 Å². The van der Waals surface area contributed by atoms with Crippen LogP contribution < -0.4 is 0 Å². The summed E-state index contributed by atoms with van der Waals surface area (Å²) in [5.41, 5.74) is 2.31. The van der Waals surface area contributed by atoms with Gasteiger partial charge in [-0.25, -0.2) is 0 Å².